The number of fused-ring (bicyclic) bond motifs is 1. The van der Waals surface area contributed by atoms with Crippen molar-refractivity contribution in [2.24, 2.45) is 0 Å². The van der Waals surface area contributed by atoms with Gasteiger partial charge in [0.1, 0.15) is 11.9 Å². The van der Waals surface area contributed by atoms with Gasteiger partial charge >= 0.3 is 0 Å². The predicted molar refractivity (Wildman–Crippen MR) is 61.9 cm³/mol. The third-order valence-corrected chi connectivity index (χ3v) is 2.50. The Balaban J connectivity index is 2.65. The van der Waals surface area contributed by atoms with Gasteiger partial charge in [-0.05, 0) is 25.1 Å². The first-order chi connectivity index (χ1) is 7.63. The van der Waals surface area contributed by atoms with Gasteiger partial charge in [-0.3, -0.25) is 0 Å². The van der Waals surface area contributed by atoms with E-state index in [-0.39, 0.29) is 6.61 Å². The third kappa shape index (κ3) is 1.75. The Morgan fingerprint density at radius 2 is 2.25 bits per heavy atom. The zero-order valence-corrected chi connectivity index (χ0v) is 9.09. The number of anilines is 1. The van der Waals surface area contributed by atoms with Gasteiger partial charge in [-0.1, -0.05) is 0 Å². The van der Waals surface area contributed by atoms with E-state index in [1.807, 2.05) is 6.07 Å². The second kappa shape index (κ2) is 4.11. The van der Waals surface area contributed by atoms with Gasteiger partial charge in [-0.2, -0.15) is 0 Å². The molecule has 0 spiro atoms. The zero-order chi connectivity index (χ0) is 11.7. The maximum absolute atomic E-state index is 9.61. The Bertz CT molecular complexity index is 505. The molecule has 0 amide bonds. The van der Waals surface area contributed by atoms with Crippen molar-refractivity contribution in [1.82, 2.24) is 9.55 Å². The number of rotatable bonds is 3. The Kier molecular flexibility index (Phi) is 2.80. The van der Waals surface area contributed by atoms with Crippen molar-refractivity contribution in [3.63, 3.8) is 0 Å². The van der Waals surface area contributed by atoms with Crippen LogP contribution in [0.5, 0.6) is 0 Å². The molecule has 0 bridgehead atoms. The summed E-state index contributed by atoms with van der Waals surface area (Å²) in [5.74, 6) is 0.551. The Morgan fingerprint density at radius 1 is 1.50 bits per heavy atom. The van der Waals surface area contributed by atoms with Gasteiger partial charge in [0, 0.05) is 12.2 Å². The van der Waals surface area contributed by atoms with E-state index >= 15 is 0 Å². The largest absolute Gasteiger partial charge is 0.399 e. The Morgan fingerprint density at radius 3 is 2.88 bits per heavy atom. The molecule has 86 valence electrons. The summed E-state index contributed by atoms with van der Waals surface area (Å²) in [4.78, 5) is 4.31. The van der Waals surface area contributed by atoms with E-state index in [9.17, 15) is 5.11 Å². The van der Waals surface area contributed by atoms with Gasteiger partial charge in [0.2, 0.25) is 0 Å². The lowest BCUT2D eigenvalue weighted by molar-refractivity contribution is 0.180. The highest BCUT2D eigenvalue weighted by molar-refractivity contribution is 5.79. The van der Waals surface area contributed by atoms with Gasteiger partial charge in [0.25, 0.3) is 0 Å². The van der Waals surface area contributed by atoms with Crippen LogP contribution >= 0.6 is 0 Å². The van der Waals surface area contributed by atoms with Crippen LogP contribution in [0.25, 0.3) is 11.0 Å². The number of nitrogens with zero attached hydrogens (tertiary/aromatic N) is 2. The lowest BCUT2D eigenvalue weighted by Crippen LogP contribution is -2.09. The number of benzene rings is 1. The van der Waals surface area contributed by atoms with Gasteiger partial charge in [0.05, 0.1) is 17.6 Å². The highest BCUT2D eigenvalue weighted by Crippen LogP contribution is 2.22. The van der Waals surface area contributed by atoms with Crippen LogP contribution in [0, 0.1) is 0 Å². The molecule has 1 atom stereocenters. The van der Waals surface area contributed by atoms with Crippen molar-refractivity contribution in [1.29, 1.82) is 0 Å². The van der Waals surface area contributed by atoms with Gasteiger partial charge in [-0.15, -0.1) is 0 Å². The Labute approximate surface area is 93.1 Å². The topological polar surface area (TPSA) is 84.3 Å². The first kappa shape index (κ1) is 10.9. The van der Waals surface area contributed by atoms with E-state index < -0.39 is 6.10 Å². The minimum absolute atomic E-state index is 0.00948. The molecule has 0 unspecified atom stereocenters. The Hall–Kier alpha value is -1.59. The molecule has 1 aromatic carbocycles. The van der Waals surface area contributed by atoms with Crippen molar-refractivity contribution in [2.75, 3.05) is 12.3 Å². The normalized spacial score (nSPS) is 13.2. The van der Waals surface area contributed by atoms with Crippen molar-refractivity contribution in [3.8, 4) is 0 Å². The van der Waals surface area contributed by atoms with Crippen LogP contribution in [0.3, 0.4) is 0 Å². The molecule has 1 heterocycles. The van der Waals surface area contributed by atoms with Crippen LogP contribution in [0.15, 0.2) is 18.2 Å². The average Bonchev–Trinajstić information content (AvgIpc) is 2.57. The second-order valence-corrected chi connectivity index (χ2v) is 3.77. The molecule has 16 heavy (non-hydrogen) atoms. The van der Waals surface area contributed by atoms with Crippen LogP contribution in [0.4, 0.5) is 5.69 Å². The number of hydrogen-bond acceptors (Lipinski definition) is 4. The monoisotopic (exact) mass is 221 g/mol. The number of imidazole rings is 1. The minimum atomic E-state index is -0.667. The molecule has 2 aromatic rings. The number of nitrogens with two attached hydrogens (primary N) is 1. The van der Waals surface area contributed by atoms with Gasteiger partial charge < -0.3 is 20.5 Å². The van der Waals surface area contributed by atoms with Crippen LogP contribution in [0.1, 0.15) is 18.9 Å². The summed E-state index contributed by atoms with van der Waals surface area (Å²) in [6.45, 7) is 2.08. The number of aromatic nitrogens is 2. The smallest absolute Gasteiger partial charge is 0.138 e. The molecule has 5 heteroatoms. The summed E-state index contributed by atoms with van der Waals surface area (Å²) in [6.07, 6.45) is -0.667. The van der Waals surface area contributed by atoms with Gasteiger partial charge in [0.15, 0.2) is 0 Å². The predicted octanol–water partition coefficient (Wildman–Crippen LogP) is 0.664. The van der Waals surface area contributed by atoms with E-state index in [1.165, 1.54) is 0 Å². The summed E-state index contributed by atoms with van der Waals surface area (Å²) < 4.78 is 1.80. The van der Waals surface area contributed by atoms with E-state index in [2.05, 4.69) is 4.98 Å². The summed E-state index contributed by atoms with van der Waals surface area (Å²) in [7, 11) is 0. The number of nitrogen functional groups attached to an aromatic ring is 1. The van der Waals surface area contributed by atoms with E-state index in [0.29, 0.717) is 18.1 Å². The molecule has 1 aromatic heterocycles. The number of aliphatic hydroxyl groups excluding tert-OH is 2. The van der Waals surface area contributed by atoms with E-state index in [0.717, 1.165) is 11.0 Å². The van der Waals surface area contributed by atoms with Crippen LogP contribution < -0.4 is 5.73 Å². The molecule has 0 aliphatic heterocycles. The number of aliphatic hydroxyl groups is 2. The molecule has 0 saturated heterocycles. The maximum atomic E-state index is 9.61. The van der Waals surface area contributed by atoms with Crippen molar-refractivity contribution >= 4 is 16.7 Å². The third-order valence-electron chi connectivity index (χ3n) is 2.50. The SMILES string of the molecule is C[C@H](O)c1nc2cc(N)ccc2n1CCO. The maximum Gasteiger partial charge on any atom is 0.138 e. The first-order valence-corrected chi connectivity index (χ1v) is 5.18. The molecule has 2 rings (SSSR count). The molecular formula is C11H15N3O2. The minimum Gasteiger partial charge on any atom is -0.399 e. The fourth-order valence-corrected chi connectivity index (χ4v) is 1.82. The molecule has 0 saturated carbocycles. The van der Waals surface area contributed by atoms with Crippen molar-refractivity contribution in [2.45, 2.75) is 19.6 Å². The van der Waals surface area contributed by atoms with Crippen molar-refractivity contribution < 1.29 is 10.2 Å². The number of hydrogen-bond donors (Lipinski definition) is 3. The lowest BCUT2D eigenvalue weighted by Gasteiger charge is -2.08. The van der Waals surface area contributed by atoms with Crippen LogP contribution in [0.2, 0.25) is 0 Å². The quantitative estimate of drug-likeness (QED) is 0.665. The molecular weight excluding hydrogens is 206 g/mol. The summed E-state index contributed by atoms with van der Waals surface area (Å²) >= 11 is 0. The molecule has 0 aliphatic rings. The summed E-state index contributed by atoms with van der Waals surface area (Å²) in [6, 6.07) is 5.39. The standard InChI is InChI=1S/C11H15N3O2/c1-7(16)11-13-9-6-8(12)2-3-10(9)14(11)4-5-15/h2-3,6-7,15-16H,4-5,12H2,1H3/t7-/m0/s1. The van der Waals surface area contributed by atoms with Crippen LogP contribution in [-0.4, -0.2) is 26.4 Å². The average molecular weight is 221 g/mol. The fourth-order valence-electron chi connectivity index (χ4n) is 1.82. The van der Waals surface area contributed by atoms with Crippen molar-refractivity contribution in [3.05, 3.63) is 24.0 Å². The fraction of sp³-hybridized carbons (Fsp3) is 0.364. The lowest BCUT2D eigenvalue weighted by atomic mass is 10.3. The van der Waals surface area contributed by atoms with E-state index in [1.54, 1.807) is 23.6 Å². The second-order valence-electron chi connectivity index (χ2n) is 3.77. The summed E-state index contributed by atoms with van der Waals surface area (Å²) in [5, 5.41) is 18.6. The molecule has 0 radical (unpaired) electrons. The zero-order valence-electron chi connectivity index (χ0n) is 9.09. The highest BCUT2D eigenvalue weighted by atomic mass is 16.3. The van der Waals surface area contributed by atoms with Crippen LogP contribution in [-0.2, 0) is 6.54 Å². The molecule has 0 aliphatic carbocycles. The molecule has 5 nitrogen and oxygen atoms in total. The summed E-state index contributed by atoms with van der Waals surface area (Å²) in [5.41, 5.74) is 7.92. The van der Waals surface area contributed by atoms with E-state index in [4.69, 9.17) is 10.8 Å². The molecule has 0 fully saturated rings. The molecule has 4 N–H and O–H groups in total. The highest BCUT2D eigenvalue weighted by Gasteiger charge is 2.14. The van der Waals surface area contributed by atoms with Gasteiger partial charge in [-0.25, -0.2) is 4.98 Å². The first-order valence-electron chi connectivity index (χ1n) is 5.18.